The van der Waals surface area contributed by atoms with Gasteiger partial charge in [-0.25, -0.2) is 4.79 Å². The van der Waals surface area contributed by atoms with Crippen molar-refractivity contribution >= 4 is 45.9 Å². The first-order valence-electron chi connectivity index (χ1n) is 6.35. The summed E-state index contributed by atoms with van der Waals surface area (Å²) in [7, 11) is 0. The molecular weight excluding hydrogens is 313 g/mol. The summed E-state index contributed by atoms with van der Waals surface area (Å²) in [6.07, 6.45) is -0.823. The molecule has 21 heavy (non-hydrogen) atoms. The van der Waals surface area contributed by atoms with E-state index < -0.39 is 12.1 Å². The standard InChI is InChI=1S/C15H11Cl2NO3/c1-7-12(8-4-2-3-5-9(8)18-7)10(19)6-11-13(16)14(17)15(20)21-11/h2-5,11,18H,6H2,1H3/t11-/m0/s1. The van der Waals surface area contributed by atoms with E-state index in [1.54, 1.807) is 0 Å². The normalized spacial score (nSPS) is 18.4. The van der Waals surface area contributed by atoms with Crippen LogP contribution in [-0.2, 0) is 9.53 Å². The molecule has 0 saturated carbocycles. The van der Waals surface area contributed by atoms with Gasteiger partial charge in [-0.15, -0.1) is 0 Å². The molecule has 0 unspecified atom stereocenters. The van der Waals surface area contributed by atoms with E-state index in [0.717, 1.165) is 16.6 Å². The summed E-state index contributed by atoms with van der Waals surface area (Å²) in [5.41, 5.74) is 2.26. The Morgan fingerprint density at radius 1 is 1.33 bits per heavy atom. The molecule has 1 aromatic heterocycles. The third-order valence-electron chi connectivity index (χ3n) is 3.46. The maximum Gasteiger partial charge on any atom is 0.351 e. The Morgan fingerprint density at radius 3 is 2.71 bits per heavy atom. The molecule has 4 nitrogen and oxygen atoms in total. The number of benzene rings is 1. The third-order valence-corrected chi connectivity index (χ3v) is 4.35. The van der Waals surface area contributed by atoms with E-state index in [1.165, 1.54) is 0 Å². The van der Waals surface area contributed by atoms with Crippen LogP contribution in [0.1, 0.15) is 22.5 Å². The van der Waals surface area contributed by atoms with Crippen molar-refractivity contribution < 1.29 is 14.3 Å². The number of cyclic esters (lactones) is 1. The second-order valence-corrected chi connectivity index (χ2v) is 5.64. The number of carbonyl (C=O) groups excluding carboxylic acids is 2. The van der Waals surface area contributed by atoms with E-state index in [1.807, 2.05) is 31.2 Å². The molecule has 1 aromatic carbocycles. The van der Waals surface area contributed by atoms with E-state index in [0.29, 0.717) is 5.56 Å². The first-order chi connectivity index (χ1) is 9.99. The number of Topliss-reactive ketones (excluding diaryl/α,β-unsaturated/α-hetero) is 1. The van der Waals surface area contributed by atoms with Crippen molar-refractivity contribution in [2.24, 2.45) is 0 Å². The molecule has 0 spiro atoms. The van der Waals surface area contributed by atoms with Gasteiger partial charge in [0.1, 0.15) is 11.1 Å². The van der Waals surface area contributed by atoms with Crippen LogP contribution in [0.25, 0.3) is 10.9 Å². The number of aromatic nitrogens is 1. The van der Waals surface area contributed by atoms with Gasteiger partial charge in [0.05, 0.1) is 11.5 Å². The fourth-order valence-electron chi connectivity index (χ4n) is 2.51. The number of ketones is 1. The molecule has 2 heterocycles. The molecule has 0 bridgehead atoms. The van der Waals surface area contributed by atoms with Gasteiger partial charge in [-0.3, -0.25) is 4.79 Å². The zero-order valence-corrected chi connectivity index (χ0v) is 12.6. The molecule has 108 valence electrons. The van der Waals surface area contributed by atoms with Crippen LogP contribution in [0.2, 0.25) is 0 Å². The van der Waals surface area contributed by atoms with Crippen LogP contribution in [0.15, 0.2) is 34.3 Å². The average molecular weight is 324 g/mol. The zero-order valence-electron chi connectivity index (χ0n) is 11.1. The van der Waals surface area contributed by atoms with Crippen molar-refractivity contribution in [3.63, 3.8) is 0 Å². The smallest absolute Gasteiger partial charge is 0.351 e. The second kappa shape index (κ2) is 5.20. The van der Waals surface area contributed by atoms with Gasteiger partial charge in [-0.1, -0.05) is 41.4 Å². The van der Waals surface area contributed by atoms with E-state index in [4.69, 9.17) is 27.9 Å². The Morgan fingerprint density at radius 2 is 2.05 bits per heavy atom. The van der Waals surface area contributed by atoms with Crippen molar-refractivity contribution in [1.29, 1.82) is 0 Å². The minimum atomic E-state index is -0.799. The summed E-state index contributed by atoms with van der Waals surface area (Å²) in [6.45, 7) is 1.83. The highest BCUT2D eigenvalue weighted by molar-refractivity contribution is 6.48. The van der Waals surface area contributed by atoms with Crippen LogP contribution in [0.3, 0.4) is 0 Å². The molecule has 1 N–H and O–H groups in total. The Kier molecular flexibility index (Phi) is 3.51. The summed E-state index contributed by atoms with van der Waals surface area (Å²) < 4.78 is 5.00. The van der Waals surface area contributed by atoms with Crippen molar-refractivity contribution in [2.75, 3.05) is 0 Å². The summed E-state index contributed by atoms with van der Waals surface area (Å²) in [5.74, 6) is -0.831. The Bertz CT molecular complexity index is 791. The fourth-order valence-corrected chi connectivity index (χ4v) is 2.87. The first-order valence-corrected chi connectivity index (χ1v) is 7.11. The number of para-hydroxylation sites is 1. The van der Waals surface area contributed by atoms with E-state index in [9.17, 15) is 9.59 Å². The molecule has 0 saturated heterocycles. The van der Waals surface area contributed by atoms with Crippen molar-refractivity contribution in [2.45, 2.75) is 19.4 Å². The number of halogens is 2. The van der Waals surface area contributed by atoms with Crippen molar-refractivity contribution in [1.82, 2.24) is 4.98 Å². The predicted octanol–water partition coefficient (Wildman–Crippen LogP) is 3.66. The van der Waals surface area contributed by atoms with E-state index in [2.05, 4.69) is 4.98 Å². The maximum absolute atomic E-state index is 12.5. The van der Waals surface area contributed by atoms with E-state index >= 15 is 0 Å². The first kappa shape index (κ1) is 14.2. The maximum atomic E-state index is 12.5. The third kappa shape index (κ3) is 2.34. The topological polar surface area (TPSA) is 59.2 Å². The Labute approximate surface area is 130 Å². The lowest BCUT2D eigenvalue weighted by Crippen LogP contribution is -2.16. The molecule has 1 aliphatic rings. The predicted molar refractivity (Wildman–Crippen MR) is 80.6 cm³/mol. The number of hydrogen-bond donors (Lipinski definition) is 1. The highest BCUT2D eigenvalue weighted by atomic mass is 35.5. The van der Waals surface area contributed by atoms with Gasteiger partial charge in [0.2, 0.25) is 0 Å². The molecule has 0 radical (unpaired) electrons. The second-order valence-electron chi connectivity index (χ2n) is 4.85. The lowest BCUT2D eigenvalue weighted by molar-refractivity contribution is -0.138. The number of carbonyl (C=O) groups is 2. The fraction of sp³-hybridized carbons (Fsp3) is 0.200. The Hall–Kier alpha value is -1.78. The van der Waals surface area contributed by atoms with Gasteiger partial charge < -0.3 is 9.72 Å². The molecule has 1 aliphatic heterocycles. The molecule has 6 heteroatoms. The quantitative estimate of drug-likeness (QED) is 0.692. The molecule has 3 rings (SSSR count). The summed E-state index contributed by atoms with van der Waals surface area (Å²) in [6, 6.07) is 7.53. The van der Waals surface area contributed by atoms with E-state index in [-0.39, 0.29) is 22.3 Å². The minimum Gasteiger partial charge on any atom is -0.452 e. The molecule has 2 aromatic rings. The summed E-state index contributed by atoms with van der Waals surface area (Å²) in [4.78, 5) is 27.0. The van der Waals surface area contributed by atoms with Crippen molar-refractivity contribution in [3.05, 3.63) is 45.6 Å². The molecule has 0 amide bonds. The van der Waals surface area contributed by atoms with Gasteiger partial charge in [0.25, 0.3) is 0 Å². The number of aromatic amines is 1. The largest absolute Gasteiger partial charge is 0.452 e. The number of fused-ring (bicyclic) bond motifs is 1. The van der Waals surface area contributed by atoms with Gasteiger partial charge in [-0.2, -0.15) is 0 Å². The van der Waals surface area contributed by atoms with Gasteiger partial charge in [0.15, 0.2) is 5.78 Å². The molecule has 0 aliphatic carbocycles. The number of ether oxygens (including phenoxy) is 1. The number of esters is 1. The molecule has 0 fully saturated rings. The minimum absolute atomic E-state index is 0.0243. The number of nitrogens with one attached hydrogen (secondary N) is 1. The lowest BCUT2D eigenvalue weighted by atomic mass is 10.0. The van der Waals surface area contributed by atoms with Crippen LogP contribution in [0, 0.1) is 6.92 Å². The van der Waals surface area contributed by atoms with Crippen LogP contribution in [0.5, 0.6) is 0 Å². The van der Waals surface area contributed by atoms with Crippen LogP contribution in [0.4, 0.5) is 0 Å². The van der Waals surface area contributed by atoms with Crippen LogP contribution < -0.4 is 0 Å². The zero-order chi connectivity index (χ0) is 15.1. The number of H-pyrrole nitrogens is 1. The van der Waals surface area contributed by atoms with Crippen molar-refractivity contribution in [3.8, 4) is 0 Å². The van der Waals surface area contributed by atoms with Gasteiger partial charge >= 0.3 is 5.97 Å². The highest BCUT2D eigenvalue weighted by Crippen LogP contribution is 2.32. The lowest BCUT2D eigenvalue weighted by Gasteiger charge is -2.09. The Balaban J connectivity index is 1.92. The molecular formula is C15H11Cl2NO3. The van der Waals surface area contributed by atoms with Gasteiger partial charge in [0, 0.05) is 22.2 Å². The SMILES string of the molecule is Cc1[nH]c2ccccc2c1C(=O)C[C@@H]1OC(=O)C(Cl)=C1Cl. The summed E-state index contributed by atoms with van der Waals surface area (Å²) in [5, 5.41) is 0.785. The highest BCUT2D eigenvalue weighted by Gasteiger charge is 2.34. The molecule has 1 atom stereocenters. The van der Waals surface area contributed by atoms with Crippen LogP contribution in [-0.4, -0.2) is 22.8 Å². The number of aryl methyl sites for hydroxylation is 1. The average Bonchev–Trinajstić information content (AvgIpc) is 2.90. The van der Waals surface area contributed by atoms with Gasteiger partial charge in [-0.05, 0) is 13.0 Å². The number of hydrogen-bond acceptors (Lipinski definition) is 3. The monoisotopic (exact) mass is 323 g/mol. The summed E-state index contributed by atoms with van der Waals surface area (Å²) >= 11 is 11.6. The van der Waals surface area contributed by atoms with Crippen LogP contribution >= 0.6 is 23.2 Å². The number of rotatable bonds is 3.